The van der Waals surface area contributed by atoms with E-state index in [-0.39, 0.29) is 5.57 Å². The molecule has 2 fully saturated rings. The van der Waals surface area contributed by atoms with Crippen LogP contribution in [0.3, 0.4) is 0 Å². The van der Waals surface area contributed by atoms with Crippen molar-refractivity contribution in [3.05, 3.63) is 76.5 Å². The van der Waals surface area contributed by atoms with Gasteiger partial charge < -0.3 is 14.0 Å². The molecule has 31 heavy (non-hydrogen) atoms. The molecule has 2 aliphatic rings. The fourth-order valence-corrected chi connectivity index (χ4v) is 4.65. The maximum atomic E-state index is 12.7. The number of fused-ring (bicyclic) bond motifs is 1. The molecule has 1 aromatic heterocycles. The standard InChI is InChI=1S/C25H22ClNO4/c26-21-10-4-2-8-17(21)15-27-16-18(19-9-3-5-11-22(19)27)14-20-23(28)30-25(31-24(20)29)12-6-1-7-13-25/h2-5,8-11,14,16H,1,6-7,12-13,15H2. The molecule has 1 aliphatic heterocycles. The highest BCUT2D eigenvalue weighted by Gasteiger charge is 2.46. The van der Waals surface area contributed by atoms with E-state index >= 15 is 0 Å². The number of hydrogen-bond acceptors (Lipinski definition) is 4. The van der Waals surface area contributed by atoms with Gasteiger partial charge in [-0.05, 0) is 36.6 Å². The van der Waals surface area contributed by atoms with Crippen molar-refractivity contribution in [2.24, 2.45) is 0 Å². The molecule has 0 N–H and O–H groups in total. The first-order valence-corrected chi connectivity index (χ1v) is 10.9. The first kappa shape index (κ1) is 19.9. The van der Waals surface area contributed by atoms with Gasteiger partial charge in [-0.15, -0.1) is 0 Å². The van der Waals surface area contributed by atoms with Crippen molar-refractivity contribution in [2.45, 2.75) is 44.4 Å². The van der Waals surface area contributed by atoms with Gasteiger partial charge in [0.2, 0.25) is 0 Å². The van der Waals surface area contributed by atoms with Crippen LogP contribution in [0.25, 0.3) is 17.0 Å². The average molecular weight is 436 g/mol. The van der Waals surface area contributed by atoms with Gasteiger partial charge in [0.05, 0.1) is 0 Å². The second kappa shape index (κ2) is 7.89. The summed E-state index contributed by atoms with van der Waals surface area (Å²) in [7, 11) is 0. The predicted octanol–water partition coefficient (Wildman–Crippen LogP) is 5.49. The second-order valence-electron chi connectivity index (χ2n) is 8.13. The molecule has 1 aliphatic carbocycles. The summed E-state index contributed by atoms with van der Waals surface area (Å²) in [5.74, 6) is -2.30. The Morgan fingerprint density at radius 1 is 0.935 bits per heavy atom. The minimum absolute atomic E-state index is 0.0724. The Bertz CT molecular complexity index is 1180. The highest BCUT2D eigenvalue weighted by atomic mass is 35.5. The third-order valence-electron chi connectivity index (χ3n) is 6.03. The minimum Gasteiger partial charge on any atom is -0.419 e. The van der Waals surface area contributed by atoms with Crippen LogP contribution in [0, 0.1) is 0 Å². The van der Waals surface area contributed by atoms with Crippen LogP contribution in [0.15, 0.2) is 60.3 Å². The van der Waals surface area contributed by atoms with Crippen LogP contribution in [-0.2, 0) is 25.6 Å². The number of halogens is 1. The van der Waals surface area contributed by atoms with E-state index < -0.39 is 17.7 Å². The average Bonchev–Trinajstić information content (AvgIpc) is 3.10. The third kappa shape index (κ3) is 3.74. The molecule has 158 valence electrons. The van der Waals surface area contributed by atoms with E-state index in [9.17, 15) is 9.59 Å². The van der Waals surface area contributed by atoms with E-state index in [0.717, 1.165) is 41.3 Å². The molecule has 3 aromatic rings. The van der Waals surface area contributed by atoms with Gasteiger partial charge >= 0.3 is 11.9 Å². The van der Waals surface area contributed by atoms with Crippen LogP contribution in [0.1, 0.15) is 43.2 Å². The lowest BCUT2D eigenvalue weighted by Crippen LogP contribution is -2.47. The number of para-hydroxylation sites is 1. The molecule has 1 spiro atoms. The molecule has 0 unspecified atom stereocenters. The molecule has 0 amide bonds. The van der Waals surface area contributed by atoms with Crippen LogP contribution < -0.4 is 0 Å². The number of esters is 2. The van der Waals surface area contributed by atoms with Crippen molar-refractivity contribution in [3.8, 4) is 0 Å². The molecular formula is C25H22ClNO4. The molecule has 0 atom stereocenters. The number of benzene rings is 2. The third-order valence-corrected chi connectivity index (χ3v) is 6.40. The molecular weight excluding hydrogens is 414 g/mol. The predicted molar refractivity (Wildman–Crippen MR) is 118 cm³/mol. The Morgan fingerprint density at radius 3 is 2.35 bits per heavy atom. The molecule has 5 nitrogen and oxygen atoms in total. The zero-order valence-corrected chi connectivity index (χ0v) is 17.7. The first-order chi connectivity index (χ1) is 15.0. The van der Waals surface area contributed by atoms with Crippen molar-refractivity contribution >= 4 is 40.5 Å². The molecule has 2 heterocycles. The van der Waals surface area contributed by atoms with Crippen LogP contribution in [-0.4, -0.2) is 22.3 Å². The summed E-state index contributed by atoms with van der Waals surface area (Å²) in [4.78, 5) is 25.5. The fraction of sp³-hybridized carbons (Fsp3) is 0.280. The smallest absolute Gasteiger partial charge is 0.348 e. The number of carbonyl (C=O) groups excluding carboxylic acids is 2. The summed E-state index contributed by atoms with van der Waals surface area (Å²) in [5.41, 5.74) is 2.65. The van der Waals surface area contributed by atoms with E-state index in [2.05, 4.69) is 4.57 Å². The summed E-state index contributed by atoms with van der Waals surface area (Å²) in [6.45, 7) is 0.571. The topological polar surface area (TPSA) is 57.5 Å². The summed E-state index contributed by atoms with van der Waals surface area (Å²) in [6, 6.07) is 15.5. The first-order valence-electron chi connectivity index (χ1n) is 10.5. The van der Waals surface area contributed by atoms with Gasteiger partial charge in [-0.1, -0.05) is 54.4 Å². The summed E-state index contributed by atoms with van der Waals surface area (Å²) in [6.07, 6.45) is 7.46. The minimum atomic E-state index is -1.08. The SMILES string of the molecule is O=C1OC2(CCCCC2)OC(=O)C1=Cc1cn(Cc2ccccc2Cl)c2ccccc12. The van der Waals surface area contributed by atoms with Gasteiger partial charge in [0.25, 0.3) is 5.79 Å². The Kier molecular flexibility index (Phi) is 5.06. The number of hydrogen-bond donors (Lipinski definition) is 0. The van der Waals surface area contributed by atoms with Gasteiger partial charge in [0, 0.05) is 47.1 Å². The van der Waals surface area contributed by atoms with Crippen LogP contribution in [0.2, 0.25) is 5.02 Å². The zero-order valence-electron chi connectivity index (χ0n) is 17.0. The van der Waals surface area contributed by atoms with Crippen LogP contribution >= 0.6 is 11.6 Å². The van der Waals surface area contributed by atoms with E-state index in [1.807, 2.05) is 54.7 Å². The molecule has 1 saturated heterocycles. The van der Waals surface area contributed by atoms with Crippen molar-refractivity contribution < 1.29 is 19.1 Å². The number of aromatic nitrogens is 1. The Balaban J connectivity index is 1.51. The van der Waals surface area contributed by atoms with E-state index in [0.29, 0.717) is 24.4 Å². The van der Waals surface area contributed by atoms with Gasteiger partial charge in [0.15, 0.2) is 0 Å². The highest BCUT2D eigenvalue weighted by molar-refractivity contribution is 6.31. The quantitative estimate of drug-likeness (QED) is 0.310. The van der Waals surface area contributed by atoms with Gasteiger partial charge in [-0.2, -0.15) is 0 Å². The molecule has 2 aromatic carbocycles. The maximum absolute atomic E-state index is 12.7. The number of rotatable bonds is 3. The van der Waals surface area contributed by atoms with E-state index in [4.69, 9.17) is 21.1 Å². The van der Waals surface area contributed by atoms with Crippen molar-refractivity contribution in [3.63, 3.8) is 0 Å². The van der Waals surface area contributed by atoms with E-state index in [1.165, 1.54) is 0 Å². The highest BCUT2D eigenvalue weighted by Crippen LogP contribution is 2.37. The van der Waals surface area contributed by atoms with Crippen LogP contribution in [0.5, 0.6) is 0 Å². The summed E-state index contributed by atoms with van der Waals surface area (Å²) < 4.78 is 13.3. The Labute approximate surface area is 185 Å². The Morgan fingerprint density at radius 2 is 1.61 bits per heavy atom. The lowest BCUT2D eigenvalue weighted by atomic mass is 9.93. The Hall–Kier alpha value is -3.05. The lowest BCUT2D eigenvalue weighted by Gasteiger charge is -2.38. The van der Waals surface area contributed by atoms with Crippen molar-refractivity contribution in [1.29, 1.82) is 0 Å². The van der Waals surface area contributed by atoms with Crippen molar-refractivity contribution in [1.82, 2.24) is 4.57 Å². The summed E-state index contributed by atoms with van der Waals surface area (Å²) >= 11 is 6.35. The largest absolute Gasteiger partial charge is 0.419 e. The molecule has 5 rings (SSSR count). The molecule has 0 radical (unpaired) electrons. The lowest BCUT2D eigenvalue weighted by molar-refractivity contribution is -0.244. The van der Waals surface area contributed by atoms with Gasteiger partial charge in [0.1, 0.15) is 5.57 Å². The van der Waals surface area contributed by atoms with Crippen molar-refractivity contribution in [2.75, 3.05) is 0 Å². The monoisotopic (exact) mass is 435 g/mol. The van der Waals surface area contributed by atoms with Gasteiger partial charge in [-0.25, -0.2) is 9.59 Å². The molecule has 0 bridgehead atoms. The normalized spacial score (nSPS) is 18.2. The number of ether oxygens (including phenoxy) is 2. The summed E-state index contributed by atoms with van der Waals surface area (Å²) in [5, 5.41) is 1.62. The maximum Gasteiger partial charge on any atom is 0.348 e. The van der Waals surface area contributed by atoms with E-state index in [1.54, 1.807) is 6.08 Å². The molecule has 6 heteroatoms. The molecule has 1 saturated carbocycles. The van der Waals surface area contributed by atoms with Crippen LogP contribution in [0.4, 0.5) is 0 Å². The van der Waals surface area contributed by atoms with Gasteiger partial charge in [-0.3, -0.25) is 0 Å². The second-order valence-corrected chi connectivity index (χ2v) is 8.54. The fourth-order valence-electron chi connectivity index (χ4n) is 4.45. The number of carbonyl (C=O) groups is 2. The number of nitrogens with zero attached hydrogens (tertiary/aromatic N) is 1. The zero-order chi connectivity index (χ0) is 21.4.